The molecule has 0 spiro atoms. The lowest BCUT2D eigenvalue weighted by molar-refractivity contribution is 0.0186. The monoisotopic (exact) mass is 468 g/mol. The van der Waals surface area contributed by atoms with E-state index in [2.05, 4.69) is 95.7 Å². The summed E-state index contributed by atoms with van der Waals surface area (Å²) in [5, 5.41) is 12.1. The Morgan fingerprint density at radius 2 is 0.714 bits per heavy atom. The topological polar surface area (TPSA) is 114 Å². The van der Waals surface area contributed by atoms with Crippen molar-refractivity contribution < 1.29 is 0 Å². The Bertz CT molecular complexity index is 1040. The van der Waals surface area contributed by atoms with E-state index in [1.54, 1.807) is 0 Å². The number of nitrogens with two attached hydrogens (primary N) is 3. The van der Waals surface area contributed by atoms with Crippen molar-refractivity contribution >= 4 is 0 Å². The Morgan fingerprint density at radius 3 is 0.914 bits per heavy atom. The molecule has 0 aromatic heterocycles. The number of fused-ring (bicyclic) bond motifs is 9. The summed E-state index contributed by atoms with van der Waals surface area (Å²) >= 11 is 0. The van der Waals surface area contributed by atoms with Crippen LogP contribution in [0.3, 0.4) is 0 Å². The molecule has 182 valence electrons. The standard InChI is InChI=1S/C29H36N6/c1-26-27(33-17-14-30)20-8-2-3-9-21(20)28(26,34-18-15-31)24-12-6-7-13-25(24)29(26,35-19-16-32)23-11-5-4-10-22(23)27/h2-13,33-35H,14-19,30-32H2,1H3. The summed E-state index contributed by atoms with van der Waals surface area (Å²) in [7, 11) is 0. The molecule has 0 unspecified atom stereocenters. The number of hydrogen-bond acceptors (Lipinski definition) is 6. The average Bonchev–Trinajstić information content (AvgIpc) is 3.32. The Hall–Kier alpha value is -2.58. The van der Waals surface area contributed by atoms with Crippen molar-refractivity contribution in [1.29, 1.82) is 0 Å². The molecule has 0 bridgehead atoms. The van der Waals surface area contributed by atoms with E-state index < -0.39 is 22.0 Å². The van der Waals surface area contributed by atoms with E-state index in [4.69, 9.17) is 17.2 Å². The molecular formula is C29H36N6. The second kappa shape index (κ2) is 7.96. The molecule has 0 amide bonds. The van der Waals surface area contributed by atoms with Crippen molar-refractivity contribution in [2.75, 3.05) is 39.3 Å². The molecule has 6 nitrogen and oxygen atoms in total. The van der Waals surface area contributed by atoms with Crippen LogP contribution in [0.25, 0.3) is 0 Å². The van der Waals surface area contributed by atoms with Gasteiger partial charge in [0.05, 0.1) is 16.6 Å². The minimum absolute atomic E-state index is 0.399. The zero-order chi connectivity index (χ0) is 24.3. The van der Waals surface area contributed by atoms with Crippen LogP contribution in [0, 0.1) is 5.41 Å². The molecule has 6 heteroatoms. The third-order valence-electron chi connectivity index (χ3n) is 9.06. The maximum atomic E-state index is 6.14. The molecule has 0 fully saturated rings. The zero-order valence-corrected chi connectivity index (χ0v) is 20.4. The first-order valence-corrected chi connectivity index (χ1v) is 12.8. The third-order valence-corrected chi connectivity index (χ3v) is 9.06. The summed E-state index contributed by atoms with van der Waals surface area (Å²) in [6, 6.07) is 26.8. The summed E-state index contributed by atoms with van der Waals surface area (Å²) < 4.78 is 0. The Balaban J connectivity index is 1.83. The SMILES string of the molecule is CC12C3(NCCN)c4ccccc4C1(NCCN)c1ccccc1C2(NCCN)c1ccccc13. The zero-order valence-electron chi connectivity index (χ0n) is 20.4. The second-order valence-electron chi connectivity index (χ2n) is 10.2. The summed E-state index contributed by atoms with van der Waals surface area (Å²) in [6.07, 6.45) is 0. The molecule has 0 saturated carbocycles. The van der Waals surface area contributed by atoms with E-state index in [9.17, 15) is 0 Å². The van der Waals surface area contributed by atoms with Gasteiger partial charge in [-0.1, -0.05) is 79.7 Å². The molecule has 0 saturated heterocycles. The quantitative estimate of drug-likeness (QED) is 0.283. The fourth-order valence-electron chi connectivity index (χ4n) is 8.19. The molecule has 35 heavy (non-hydrogen) atoms. The van der Waals surface area contributed by atoms with Crippen LogP contribution in [0.5, 0.6) is 0 Å². The van der Waals surface area contributed by atoms with Gasteiger partial charge in [0.2, 0.25) is 0 Å². The van der Waals surface area contributed by atoms with Gasteiger partial charge < -0.3 is 33.2 Å². The largest absolute Gasteiger partial charge is 0.329 e. The van der Waals surface area contributed by atoms with Gasteiger partial charge in [-0.05, 0) is 33.4 Å². The number of rotatable bonds is 9. The van der Waals surface area contributed by atoms with Crippen molar-refractivity contribution in [3.8, 4) is 0 Å². The highest BCUT2D eigenvalue weighted by atomic mass is 15.2. The highest BCUT2D eigenvalue weighted by Gasteiger charge is 2.84. The van der Waals surface area contributed by atoms with Crippen LogP contribution >= 0.6 is 0 Å². The van der Waals surface area contributed by atoms with E-state index in [0.29, 0.717) is 39.3 Å². The van der Waals surface area contributed by atoms with Gasteiger partial charge in [-0.15, -0.1) is 0 Å². The Kier molecular flexibility index (Phi) is 5.20. The van der Waals surface area contributed by atoms with Gasteiger partial charge in [-0.25, -0.2) is 0 Å². The van der Waals surface area contributed by atoms with Gasteiger partial charge >= 0.3 is 0 Å². The van der Waals surface area contributed by atoms with Crippen LogP contribution in [0.15, 0.2) is 72.8 Å². The van der Waals surface area contributed by atoms with E-state index in [-0.39, 0.29) is 0 Å². The molecular weight excluding hydrogens is 432 g/mol. The molecule has 0 atom stereocenters. The summed E-state index contributed by atoms with van der Waals surface area (Å²) in [5.74, 6) is 0. The first-order chi connectivity index (χ1) is 17.1. The maximum Gasteiger partial charge on any atom is 0.0801 e. The van der Waals surface area contributed by atoms with Gasteiger partial charge in [0.15, 0.2) is 0 Å². The first-order valence-electron chi connectivity index (χ1n) is 12.8. The van der Waals surface area contributed by atoms with Gasteiger partial charge in [0.1, 0.15) is 0 Å². The van der Waals surface area contributed by atoms with E-state index in [0.717, 1.165) is 0 Å². The lowest BCUT2D eigenvalue weighted by Gasteiger charge is -2.53. The summed E-state index contributed by atoms with van der Waals surface area (Å²) in [5.41, 5.74) is 24.4. The fraction of sp³-hybridized carbons (Fsp3) is 0.379. The second-order valence-corrected chi connectivity index (χ2v) is 10.2. The van der Waals surface area contributed by atoms with Gasteiger partial charge in [0, 0.05) is 44.7 Å². The molecule has 3 aliphatic carbocycles. The summed E-state index contributed by atoms with van der Waals surface area (Å²) in [4.78, 5) is 0. The number of benzene rings is 3. The highest BCUT2D eigenvalue weighted by Crippen LogP contribution is 2.79. The molecule has 6 rings (SSSR count). The normalized spacial score (nSPS) is 31.2. The average molecular weight is 469 g/mol. The molecule has 3 aliphatic rings. The minimum atomic E-state index is -0.470. The first kappa shape index (κ1) is 22.9. The van der Waals surface area contributed by atoms with E-state index in [1.807, 2.05) is 0 Å². The predicted molar refractivity (Wildman–Crippen MR) is 141 cm³/mol. The van der Waals surface area contributed by atoms with Crippen molar-refractivity contribution in [3.05, 3.63) is 106 Å². The van der Waals surface area contributed by atoms with Gasteiger partial charge in [-0.3, -0.25) is 0 Å². The van der Waals surface area contributed by atoms with Crippen molar-refractivity contribution in [2.24, 2.45) is 22.6 Å². The molecule has 3 aromatic rings. The highest BCUT2D eigenvalue weighted by molar-refractivity contribution is 5.76. The molecule has 3 aromatic carbocycles. The Labute approximate surface area is 207 Å². The molecule has 0 aliphatic heterocycles. The van der Waals surface area contributed by atoms with Crippen LogP contribution in [0.2, 0.25) is 0 Å². The lowest BCUT2D eigenvalue weighted by atomic mass is 9.59. The molecule has 9 N–H and O–H groups in total. The Morgan fingerprint density at radius 1 is 0.486 bits per heavy atom. The van der Waals surface area contributed by atoms with Crippen LogP contribution < -0.4 is 33.2 Å². The van der Waals surface area contributed by atoms with Crippen LogP contribution in [-0.2, 0) is 16.6 Å². The fourth-order valence-corrected chi connectivity index (χ4v) is 8.19. The minimum Gasteiger partial charge on any atom is -0.329 e. The van der Waals surface area contributed by atoms with Crippen LogP contribution in [0.1, 0.15) is 40.3 Å². The van der Waals surface area contributed by atoms with Gasteiger partial charge in [-0.2, -0.15) is 0 Å². The van der Waals surface area contributed by atoms with E-state index >= 15 is 0 Å². The number of nitrogens with one attached hydrogen (secondary N) is 3. The molecule has 0 radical (unpaired) electrons. The summed E-state index contributed by atoms with van der Waals surface area (Å²) in [6.45, 7) is 6.23. The van der Waals surface area contributed by atoms with Crippen molar-refractivity contribution in [3.63, 3.8) is 0 Å². The van der Waals surface area contributed by atoms with Crippen LogP contribution in [0.4, 0.5) is 0 Å². The predicted octanol–water partition coefficient (Wildman–Crippen LogP) is 1.41. The van der Waals surface area contributed by atoms with Gasteiger partial charge in [0.25, 0.3) is 0 Å². The van der Waals surface area contributed by atoms with E-state index in [1.165, 1.54) is 33.4 Å². The number of hydrogen-bond donors (Lipinski definition) is 6. The third kappa shape index (κ3) is 2.31. The van der Waals surface area contributed by atoms with Crippen molar-refractivity contribution in [1.82, 2.24) is 16.0 Å². The lowest BCUT2D eigenvalue weighted by Crippen LogP contribution is -2.67. The van der Waals surface area contributed by atoms with Crippen LogP contribution in [-0.4, -0.2) is 39.3 Å². The maximum absolute atomic E-state index is 6.14. The molecule has 0 heterocycles. The smallest absolute Gasteiger partial charge is 0.0801 e. The van der Waals surface area contributed by atoms with Crippen molar-refractivity contribution in [2.45, 2.75) is 23.5 Å².